The van der Waals surface area contributed by atoms with Crippen LogP contribution in [-0.2, 0) is 0 Å². The molecule has 0 radical (unpaired) electrons. The van der Waals surface area contributed by atoms with E-state index in [1.54, 1.807) is 18.6 Å². The lowest BCUT2D eigenvalue weighted by molar-refractivity contribution is 1.23. The van der Waals surface area contributed by atoms with Crippen molar-refractivity contribution in [3.8, 4) is 22.6 Å². The van der Waals surface area contributed by atoms with Crippen LogP contribution in [0.3, 0.4) is 0 Å². The monoisotopic (exact) mass is 478 g/mol. The number of hydrogen-bond acceptors (Lipinski definition) is 3. The van der Waals surface area contributed by atoms with Gasteiger partial charge in [0, 0.05) is 46.0 Å². The number of rotatable bonds is 2. The minimum absolute atomic E-state index is 0.858. The van der Waals surface area contributed by atoms with E-state index in [9.17, 15) is 0 Å². The van der Waals surface area contributed by atoms with Crippen molar-refractivity contribution in [1.82, 2.24) is 19.9 Å². The maximum absolute atomic E-state index is 4.42. The lowest BCUT2D eigenvalue weighted by atomic mass is 10.1. The Balaban J connectivity index is 0.000000128. The average molecular weight is 479 g/mol. The number of hydrogen-bond donors (Lipinski definition) is 1. The molecule has 178 valence electrons. The molecule has 0 aliphatic heterocycles. The topological polar surface area (TPSA) is 54.5 Å². The van der Waals surface area contributed by atoms with Gasteiger partial charge in [-0.05, 0) is 48.5 Å². The van der Waals surface area contributed by atoms with Gasteiger partial charge in [0.15, 0.2) is 0 Å². The predicted octanol–water partition coefficient (Wildman–Crippen LogP) is 8.21. The first-order valence-corrected chi connectivity index (χ1v) is 12.1. The Hall–Kier alpha value is -5.09. The summed E-state index contributed by atoms with van der Waals surface area (Å²) in [5.74, 6) is 0. The molecule has 4 heterocycles. The van der Waals surface area contributed by atoms with Gasteiger partial charge in [-0.1, -0.05) is 84.9 Å². The fourth-order valence-corrected chi connectivity index (χ4v) is 4.02. The zero-order valence-corrected chi connectivity index (χ0v) is 20.3. The number of para-hydroxylation sites is 2. The van der Waals surface area contributed by atoms with Gasteiger partial charge in [0.05, 0.1) is 17.1 Å². The highest BCUT2D eigenvalue weighted by Crippen LogP contribution is 2.27. The third kappa shape index (κ3) is 5.95. The first-order valence-electron chi connectivity index (χ1n) is 12.1. The van der Waals surface area contributed by atoms with E-state index in [1.807, 2.05) is 84.9 Å². The van der Waals surface area contributed by atoms with Gasteiger partial charge in [0.2, 0.25) is 0 Å². The van der Waals surface area contributed by atoms with E-state index in [0.717, 1.165) is 22.6 Å². The van der Waals surface area contributed by atoms with E-state index in [-0.39, 0.29) is 0 Å². The Labute approximate surface area is 216 Å². The summed E-state index contributed by atoms with van der Waals surface area (Å²) in [6, 6.07) is 44.3. The van der Waals surface area contributed by atoms with Crippen LogP contribution < -0.4 is 0 Å². The molecule has 0 fully saturated rings. The van der Waals surface area contributed by atoms with Crippen molar-refractivity contribution in [2.45, 2.75) is 0 Å². The number of nitrogens with one attached hydrogen (secondary N) is 1. The molecule has 7 rings (SSSR count). The summed E-state index contributed by atoms with van der Waals surface area (Å²) >= 11 is 0. The number of fused-ring (bicyclic) bond motifs is 3. The maximum atomic E-state index is 4.42. The van der Waals surface area contributed by atoms with Gasteiger partial charge >= 0.3 is 0 Å². The maximum Gasteiger partial charge on any atom is 0.0980 e. The molecule has 0 amide bonds. The molecule has 0 unspecified atom stereocenters. The average Bonchev–Trinajstić information content (AvgIpc) is 3.38. The van der Waals surface area contributed by atoms with Crippen LogP contribution >= 0.6 is 0 Å². The summed E-state index contributed by atoms with van der Waals surface area (Å²) in [5.41, 5.74) is 6.05. The Kier molecular flexibility index (Phi) is 7.70. The van der Waals surface area contributed by atoms with E-state index >= 15 is 0 Å². The quantitative estimate of drug-likeness (QED) is 0.272. The number of aromatic nitrogens is 4. The zero-order valence-electron chi connectivity index (χ0n) is 20.3. The molecule has 3 aromatic carbocycles. The minimum Gasteiger partial charge on any atom is -0.355 e. The third-order valence-electron chi connectivity index (χ3n) is 5.74. The lowest BCUT2D eigenvalue weighted by Gasteiger charge is -2.06. The van der Waals surface area contributed by atoms with Gasteiger partial charge in [-0.15, -0.1) is 0 Å². The number of pyridine rings is 3. The molecule has 0 aliphatic carbocycles. The molecule has 0 spiro atoms. The molecular formula is C33H26N4. The van der Waals surface area contributed by atoms with Gasteiger partial charge < -0.3 is 4.98 Å². The fourth-order valence-electron chi connectivity index (χ4n) is 4.02. The first kappa shape index (κ1) is 23.6. The van der Waals surface area contributed by atoms with Crippen LogP contribution in [0.1, 0.15) is 0 Å². The Bertz CT molecular complexity index is 1530. The van der Waals surface area contributed by atoms with E-state index in [2.05, 4.69) is 68.5 Å². The number of benzene rings is 3. The largest absolute Gasteiger partial charge is 0.355 e. The van der Waals surface area contributed by atoms with Gasteiger partial charge in [0.1, 0.15) is 0 Å². The smallest absolute Gasteiger partial charge is 0.0980 e. The van der Waals surface area contributed by atoms with Gasteiger partial charge in [0.25, 0.3) is 0 Å². The summed E-state index contributed by atoms with van der Waals surface area (Å²) < 4.78 is 0. The summed E-state index contributed by atoms with van der Waals surface area (Å²) in [4.78, 5) is 16.5. The van der Waals surface area contributed by atoms with Crippen LogP contribution in [0, 0.1) is 0 Å². The molecule has 4 aromatic heterocycles. The Morgan fingerprint density at radius 2 is 0.865 bits per heavy atom. The van der Waals surface area contributed by atoms with E-state index in [4.69, 9.17) is 0 Å². The predicted molar refractivity (Wildman–Crippen MR) is 153 cm³/mol. The zero-order chi connectivity index (χ0) is 25.1. The summed E-state index contributed by atoms with van der Waals surface area (Å²) in [5, 5.41) is 2.61. The van der Waals surface area contributed by atoms with Gasteiger partial charge in [-0.3, -0.25) is 15.0 Å². The van der Waals surface area contributed by atoms with Crippen LogP contribution in [0.25, 0.3) is 44.5 Å². The van der Waals surface area contributed by atoms with E-state index in [1.165, 1.54) is 21.8 Å². The molecular weight excluding hydrogens is 452 g/mol. The molecule has 0 bridgehead atoms. The summed E-state index contributed by atoms with van der Waals surface area (Å²) in [7, 11) is 0. The van der Waals surface area contributed by atoms with Crippen molar-refractivity contribution in [1.29, 1.82) is 0 Å². The highest BCUT2D eigenvalue weighted by molar-refractivity contribution is 6.06. The van der Waals surface area contributed by atoms with Crippen LogP contribution in [0.4, 0.5) is 0 Å². The van der Waals surface area contributed by atoms with E-state index < -0.39 is 0 Å². The normalized spacial score (nSPS) is 10.2. The highest BCUT2D eigenvalue weighted by Gasteiger charge is 2.09. The number of H-pyrrole nitrogens is 1. The van der Waals surface area contributed by atoms with Gasteiger partial charge in [-0.2, -0.15) is 0 Å². The van der Waals surface area contributed by atoms with Crippen molar-refractivity contribution in [3.05, 3.63) is 152 Å². The molecule has 1 N–H and O–H groups in total. The van der Waals surface area contributed by atoms with E-state index in [0.29, 0.717) is 0 Å². The first-order chi connectivity index (χ1) is 18.4. The van der Waals surface area contributed by atoms with Crippen LogP contribution in [0.5, 0.6) is 0 Å². The summed E-state index contributed by atoms with van der Waals surface area (Å²) in [6.45, 7) is 0. The highest BCUT2D eigenvalue weighted by atomic mass is 14.8. The third-order valence-corrected chi connectivity index (χ3v) is 5.74. The van der Waals surface area contributed by atoms with Crippen molar-refractivity contribution in [2.24, 2.45) is 0 Å². The van der Waals surface area contributed by atoms with Crippen LogP contribution in [0.2, 0.25) is 0 Å². The van der Waals surface area contributed by atoms with Crippen molar-refractivity contribution >= 4 is 21.8 Å². The Morgan fingerprint density at radius 3 is 1.41 bits per heavy atom. The molecule has 4 heteroatoms. The number of aromatic amines is 1. The van der Waals surface area contributed by atoms with Crippen molar-refractivity contribution < 1.29 is 0 Å². The molecule has 0 saturated heterocycles. The number of nitrogens with zero attached hydrogens (tertiary/aromatic N) is 3. The molecule has 0 aliphatic rings. The Morgan fingerprint density at radius 1 is 0.378 bits per heavy atom. The van der Waals surface area contributed by atoms with Crippen LogP contribution in [-0.4, -0.2) is 19.9 Å². The second kappa shape index (κ2) is 12.0. The standard InChI is InChI=1S/C15H11N3.C12H9N.C6H6/c1-3-9-16-13(7-1)12-6-5-11-18-15(12)14-8-2-4-10-17-14;1-3-7-11-9(5-1)10-6-2-4-8-12(10)13-11;1-2-4-6-5-3-1/h1-11H;1-8,13H;1-6H. The second-order valence-electron chi connectivity index (χ2n) is 8.20. The lowest BCUT2D eigenvalue weighted by Crippen LogP contribution is -1.92. The fraction of sp³-hybridized carbons (Fsp3) is 0. The minimum atomic E-state index is 0.858. The molecule has 7 aromatic rings. The van der Waals surface area contributed by atoms with Gasteiger partial charge in [-0.25, -0.2) is 0 Å². The molecule has 4 nitrogen and oxygen atoms in total. The molecule has 37 heavy (non-hydrogen) atoms. The SMILES string of the molecule is c1ccc(-c2cccnc2-c2ccccn2)nc1.c1ccc2c(c1)[nH]c1ccccc12.c1ccccc1. The molecule has 0 atom stereocenters. The molecule has 0 saturated carbocycles. The second-order valence-corrected chi connectivity index (χ2v) is 8.20. The van der Waals surface area contributed by atoms with Crippen molar-refractivity contribution in [2.75, 3.05) is 0 Å². The summed E-state index contributed by atoms with van der Waals surface area (Å²) in [6.07, 6.45) is 5.33. The van der Waals surface area contributed by atoms with Crippen LogP contribution in [0.15, 0.2) is 152 Å². The van der Waals surface area contributed by atoms with Crippen molar-refractivity contribution in [3.63, 3.8) is 0 Å².